The number of hydrogen-bond acceptors (Lipinski definition) is 3. The Morgan fingerprint density at radius 2 is 2.27 bits per heavy atom. The second-order valence-corrected chi connectivity index (χ2v) is 3.45. The van der Waals surface area contributed by atoms with Crippen LogP contribution in [-0.2, 0) is 6.54 Å². The maximum atomic E-state index is 5.60. The average molecular weight is 205 g/mol. The fourth-order valence-corrected chi connectivity index (χ4v) is 1.51. The Morgan fingerprint density at radius 1 is 1.53 bits per heavy atom. The molecule has 2 N–H and O–H groups in total. The summed E-state index contributed by atoms with van der Waals surface area (Å²) in [5, 5.41) is 0. The molecule has 0 radical (unpaired) electrons. The third-order valence-electron chi connectivity index (χ3n) is 2.46. The minimum Gasteiger partial charge on any atom is -0.353 e. The Labute approximate surface area is 91.6 Å². The third kappa shape index (κ3) is 2.80. The fourth-order valence-electron chi connectivity index (χ4n) is 1.51. The van der Waals surface area contributed by atoms with Gasteiger partial charge in [0.1, 0.15) is 5.82 Å². The summed E-state index contributed by atoms with van der Waals surface area (Å²) in [6, 6.07) is 4.06. The van der Waals surface area contributed by atoms with Gasteiger partial charge >= 0.3 is 0 Å². The van der Waals surface area contributed by atoms with E-state index in [1.54, 1.807) is 0 Å². The van der Waals surface area contributed by atoms with Gasteiger partial charge in [0.15, 0.2) is 0 Å². The quantitative estimate of drug-likeness (QED) is 0.746. The Balaban J connectivity index is 2.94. The van der Waals surface area contributed by atoms with Crippen LogP contribution in [0.5, 0.6) is 0 Å². The number of pyridine rings is 1. The first-order chi connectivity index (χ1) is 7.22. The lowest BCUT2D eigenvalue weighted by molar-refractivity contribution is 0.870. The summed E-state index contributed by atoms with van der Waals surface area (Å²) in [7, 11) is 0. The van der Waals surface area contributed by atoms with Gasteiger partial charge in [-0.3, -0.25) is 0 Å². The maximum Gasteiger partial charge on any atom is 0.129 e. The van der Waals surface area contributed by atoms with Crippen molar-refractivity contribution in [3.8, 4) is 0 Å². The Kier molecular flexibility index (Phi) is 4.31. The minimum atomic E-state index is 0.548. The number of likely N-dealkylation sites (N-methyl/N-ethyl adjacent to an activating group) is 1. The predicted octanol–water partition coefficient (Wildman–Crippen LogP) is 1.86. The number of aromatic nitrogens is 1. The van der Waals surface area contributed by atoms with E-state index in [0.717, 1.165) is 30.2 Å². The van der Waals surface area contributed by atoms with Gasteiger partial charge in [0.25, 0.3) is 0 Å². The van der Waals surface area contributed by atoms with Crippen molar-refractivity contribution in [3.05, 3.63) is 36.0 Å². The van der Waals surface area contributed by atoms with Gasteiger partial charge in [-0.1, -0.05) is 12.1 Å². The van der Waals surface area contributed by atoms with Crippen LogP contribution in [0.3, 0.4) is 0 Å². The van der Waals surface area contributed by atoms with Crippen molar-refractivity contribution >= 4 is 5.82 Å². The van der Waals surface area contributed by atoms with E-state index in [2.05, 4.69) is 23.4 Å². The predicted molar refractivity (Wildman–Crippen MR) is 64.9 cm³/mol. The molecule has 0 spiro atoms. The van der Waals surface area contributed by atoms with Gasteiger partial charge in [0, 0.05) is 25.3 Å². The first-order valence-corrected chi connectivity index (χ1v) is 5.25. The van der Waals surface area contributed by atoms with E-state index in [9.17, 15) is 0 Å². The van der Waals surface area contributed by atoms with Crippen LogP contribution in [0, 0.1) is 6.92 Å². The van der Waals surface area contributed by atoms with Crippen LogP contribution in [0.1, 0.15) is 18.2 Å². The fraction of sp³-hybridized carbons (Fsp3) is 0.417. The van der Waals surface area contributed by atoms with Crippen LogP contribution in [0.2, 0.25) is 0 Å². The highest BCUT2D eigenvalue weighted by molar-refractivity contribution is 5.42. The zero-order valence-corrected chi connectivity index (χ0v) is 9.53. The van der Waals surface area contributed by atoms with E-state index in [0.29, 0.717) is 6.54 Å². The second-order valence-electron chi connectivity index (χ2n) is 3.45. The van der Waals surface area contributed by atoms with Crippen LogP contribution in [0.25, 0.3) is 0 Å². The van der Waals surface area contributed by atoms with Gasteiger partial charge in [0.2, 0.25) is 0 Å². The molecule has 0 amide bonds. The van der Waals surface area contributed by atoms with Crippen LogP contribution >= 0.6 is 0 Å². The maximum absolute atomic E-state index is 5.60. The molecule has 0 saturated heterocycles. The Bertz CT molecular complexity index is 334. The van der Waals surface area contributed by atoms with Crippen molar-refractivity contribution in [2.45, 2.75) is 20.4 Å². The molecule has 0 unspecified atom stereocenters. The SMILES string of the molecule is C=CCN(CC)c1ccc(CN)c(C)n1. The summed E-state index contributed by atoms with van der Waals surface area (Å²) >= 11 is 0. The number of nitrogens with two attached hydrogens (primary N) is 1. The number of nitrogens with zero attached hydrogens (tertiary/aromatic N) is 2. The van der Waals surface area contributed by atoms with Crippen molar-refractivity contribution in [1.29, 1.82) is 0 Å². The van der Waals surface area contributed by atoms with E-state index in [4.69, 9.17) is 5.73 Å². The van der Waals surface area contributed by atoms with E-state index < -0.39 is 0 Å². The average Bonchev–Trinajstić information content (AvgIpc) is 2.25. The van der Waals surface area contributed by atoms with Crippen LogP contribution in [0.4, 0.5) is 5.82 Å². The third-order valence-corrected chi connectivity index (χ3v) is 2.46. The molecule has 1 heterocycles. The molecule has 0 saturated carbocycles. The highest BCUT2D eigenvalue weighted by atomic mass is 15.2. The molecule has 0 aromatic carbocycles. The molecule has 0 aliphatic carbocycles. The number of rotatable bonds is 5. The van der Waals surface area contributed by atoms with Crippen LogP contribution in [0.15, 0.2) is 24.8 Å². The summed E-state index contributed by atoms with van der Waals surface area (Å²) < 4.78 is 0. The molecule has 0 aliphatic heterocycles. The lowest BCUT2D eigenvalue weighted by Gasteiger charge is -2.20. The van der Waals surface area contributed by atoms with Gasteiger partial charge in [-0.2, -0.15) is 0 Å². The zero-order chi connectivity index (χ0) is 11.3. The molecule has 15 heavy (non-hydrogen) atoms. The molecule has 1 aromatic rings. The Hall–Kier alpha value is -1.35. The highest BCUT2D eigenvalue weighted by Crippen LogP contribution is 2.14. The number of hydrogen-bond donors (Lipinski definition) is 1. The normalized spacial score (nSPS) is 10.1. The van der Waals surface area contributed by atoms with Crippen molar-refractivity contribution < 1.29 is 0 Å². The molecule has 0 fully saturated rings. The smallest absolute Gasteiger partial charge is 0.129 e. The summed E-state index contributed by atoms with van der Waals surface area (Å²) in [4.78, 5) is 6.70. The van der Waals surface area contributed by atoms with E-state index in [1.807, 2.05) is 25.1 Å². The molecule has 3 heteroatoms. The molecular formula is C12H19N3. The molecule has 0 aliphatic rings. The molecule has 82 valence electrons. The minimum absolute atomic E-state index is 0.548. The van der Waals surface area contributed by atoms with Gasteiger partial charge in [0.05, 0.1) is 0 Å². The Morgan fingerprint density at radius 3 is 2.73 bits per heavy atom. The van der Waals surface area contributed by atoms with Crippen molar-refractivity contribution in [3.63, 3.8) is 0 Å². The largest absolute Gasteiger partial charge is 0.353 e. The standard InChI is InChI=1S/C12H19N3/c1-4-8-15(5-2)12-7-6-11(9-13)10(3)14-12/h4,6-7H,1,5,8-9,13H2,2-3H3. The molecule has 0 atom stereocenters. The van der Waals surface area contributed by atoms with Gasteiger partial charge in [-0.05, 0) is 25.5 Å². The topological polar surface area (TPSA) is 42.1 Å². The zero-order valence-electron chi connectivity index (χ0n) is 9.53. The summed E-state index contributed by atoms with van der Waals surface area (Å²) in [6.45, 7) is 10.1. The molecule has 0 bridgehead atoms. The second kappa shape index (κ2) is 5.51. The van der Waals surface area contributed by atoms with Crippen molar-refractivity contribution in [2.24, 2.45) is 5.73 Å². The van der Waals surface area contributed by atoms with Crippen LogP contribution < -0.4 is 10.6 Å². The lowest BCUT2D eigenvalue weighted by atomic mass is 10.2. The van der Waals surface area contributed by atoms with Crippen LogP contribution in [-0.4, -0.2) is 18.1 Å². The molecule has 3 nitrogen and oxygen atoms in total. The monoisotopic (exact) mass is 205 g/mol. The number of aryl methyl sites for hydroxylation is 1. The summed E-state index contributed by atoms with van der Waals surface area (Å²) in [5.74, 6) is 0.993. The first-order valence-electron chi connectivity index (χ1n) is 5.25. The van der Waals surface area contributed by atoms with Gasteiger partial charge in [-0.15, -0.1) is 6.58 Å². The van der Waals surface area contributed by atoms with Gasteiger partial charge < -0.3 is 10.6 Å². The molecular weight excluding hydrogens is 186 g/mol. The number of anilines is 1. The lowest BCUT2D eigenvalue weighted by Crippen LogP contribution is -2.24. The van der Waals surface area contributed by atoms with Crippen molar-refractivity contribution in [2.75, 3.05) is 18.0 Å². The van der Waals surface area contributed by atoms with Gasteiger partial charge in [-0.25, -0.2) is 4.98 Å². The highest BCUT2D eigenvalue weighted by Gasteiger charge is 2.05. The van der Waals surface area contributed by atoms with E-state index in [1.165, 1.54) is 0 Å². The summed E-state index contributed by atoms with van der Waals surface area (Å²) in [6.07, 6.45) is 1.89. The van der Waals surface area contributed by atoms with Crippen molar-refractivity contribution in [1.82, 2.24) is 4.98 Å². The summed E-state index contributed by atoms with van der Waals surface area (Å²) in [5.41, 5.74) is 7.71. The molecule has 1 rings (SSSR count). The first kappa shape index (κ1) is 11.7. The van der Waals surface area contributed by atoms with E-state index in [-0.39, 0.29) is 0 Å². The van der Waals surface area contributed by atoms with E-state index >= 15 is 0 Å². The molecule has 1 aromatic heterocycles.